The Kier molecular flexibility index (Phi) is 6.84. The summed E-state index contributed by atoms with van der Waals surface area (Å²) in [5.41, 5.74) is 0.497. The van der Waals surface area contributed by atoms with Crippen LogP contribution in [0.15, 0.2) is 24.3 Å². The van der Waals surface area contributed by atoms with Crippen molar-refractivity contribution in [3.05, 3.63) is 30.1 Å². The van der Waals surface area contributed by atoms with Gasteiger partial charge < -0.3 is 20.4 Å². The van der Waals surface area contributed by atoms with E-state index in [1.54, 1.807) is 0 Å². The Bertz CT molecular complexity index is 384. The molecule has 1 rings (SSSR count). The van der Waals surface area contributed by atoms with Crippen LogP contribution in [0.1, 0.15) is 12.8 Å². The third-order valence-corrected chi connectivity index (χ3v) is 2.59. The number of aliphatic hydroxyl groups excluding tert-OH is 2. The van der Waals surface area contributed by atoms with Crippen molar-refractivity contribution in [2.24, 2.45) is 0 Å². The zero-order chi connectivity index (χ0) is 14.1. The molecule has 3 N–H and O–H groups in total. The molecule has 106 valence electrons. The summed E-state index contributed by atoms with van der Waals surface area (Å²) in [6, 6.07) is 5.12. The molecule has 0 heterocycles. The molecule has 0 saturated carbocycles. The van der Waals surface area contributed by atoms with Crippen LogP contribution >= 0.6 is 0 Å². The molecule has 0 unspecified atom stereocenters. The molecular weight excluding hydrogens is 251 g/mol. The van der Waals surface area contributed by atoms with Crippen LogP contribution in [-0.2, 0) is 0 Å². The molecular formula is C13H19FN2O3. The molecule has 1 aromatic rings. The third kappa shape index (κ3) is 5.67. The van der Waals surface area contributed by atoms with Crippen LogP contribution in [0.4, 0.5) is 14.9 Å². The molecule has 19 heavy (non-hydrogen) atoms. The van der Waals surface area contributed by atoms with E-state index in [0.717, 1.165) is 0 Å². The van der Waals surface area contributed by atoms with Gasteiger partial charge in [0.2, 0.25) is 0 Å². The second-order valence-corrected chi connectivity index (χ2v) is 4.08. The standard InChI is InChI=1S/C13H19FN2O3/c14-11-3-5-12(6-4-11)15-13(19)16(8-10-18)7-1-2-9-17/h3-6,17-18H,1-2,7-10H2,(H,15,19). The predicted octanol–water partition coefficient (Wildman–Crippen LogP) is 1.42. The van der Waals surface area contributed by atoms with Gasteiger partial charge in [0.25, 0.3) is 0 Å². The van der Waals surface area contributed by atoms with Crippen molar-refractivity contribution >= 4 is 11.7 Å². The van der Waals surface area contributed by atoms with Crippen molar-refractivity contribution in [3.8, 4) is 0 Å². The van der Waals surface area contributed by atoms with Crippen molar-refractivity contribution in [3.63, 3.8) is 0 Å². The molecule has 1 aromatic carbocycles. The first-order valence-electron chi connectivity index (χ1n) is 6.20. The maximum atomic E-state index is 12.7. The normalized spacial score (nSPS) is 10.3. The first-order valence-corrected chi connectivity index (χ1v) is 6.20. The Morgan fingerprint density at radius 2 is 1.79 bits per heavy atom. The van der Waals surface area contributed by atoms with Gasteiger partial charge in [0, 0.05) is 25.4 Å². The number of hydrogen-bond donors (Lipinski definition) is 3. The molecule has 0 saturated heterocycles. The first kappa shape index (κ1) is 15.4. The monoisotopic (exact) mass is 270 g/mol. The summed E-state index contributed by atoms with van der Waals surface area (Å²) < 4.78 is 12.7. The number of unbranched alkanes of at least 4 members (excludes halogenated alkanes) is 1. The molecule has 0 fully saturated rings. The minimum atomic E-state index is -0.367. The second kappa shape index (κ2) is 8.44. The summed E-state index contributed by atoms with van der Waals surface area (Å²) in [7, 11) is 0. The Hall–Kier alpha value is -1.66. The second-order valence-electron chi connectivity index (χ2n) is 4.08. The van der Waals surface area contributed by atoms with E-state index in [-0.39, 0.29) is 31.6 Å². The van der Waals surface area contributed by atoms with Crippen LogP contribution in [0.2, 0.25) is 0 Å². The number of carbonyl (C=O) groups excluding carboxylic acids is 1. The molecule has 0 aliphatic carbocycles. The lowest BCUT2D eigenvalue weighted by Gasteiger charge is -2.22. The lowest BCUT2D eigenvalue weighted by molar-refractivity contribution is 0.184. The quantitative estimate of drug-likeness (QED) is 0.656. The van der Waals surface area contributed by atoms with Gasteiger partial charge in [-0.05, 0) is 37.1 Å². The van der Waals surface area contributed by atoms with Crippen LogP contribution in [-0.4, -0.2) is 47.4 Å². The Balaban J connectivity index is 2.53. The molecule has 5 nitrogen and oxygen atoms in total. The number of urea groups is 1. The van der Waals surface area contributed by atoms with Gasteiger partial charge >= 0.3 is 6.03 Å². The number of hydrogen-bond acceptors (Lipinski definition) is 3. The Morgan fingerprint density at radius 3 is 2.37 bits per heavy atom. The fraction of sp³-hybridized carbons (Fsp3) is 0.462. The minimum Gasteiger partial charge on any atom is -0.396 e. The number of rotatable bonds is 7. The van der Waals surface area contributed by atoms with Crippen LogP contribution in [0, 0.1) is 5.82 Å². The van der Waals surface area contributed by atoms with Crippen molar-refractivity contribution in [1.82, 2.24) is 4.90 Å². The van der Waals surface area contributed by atoms with Gasteiger partial charge in [-0.3, -0.25) is 0 Å². The summed E-state index contributed by atoms with van der Waals surface area (Å²) in [5, 5.41) is 20.3. The molecule has 0 aliphatic rings. The molecule has 0 bridgehead atoms. The number of anilines is 1. The van der Waals surface area contributed by atoms with Crippen LogP contribution < -0.4 is 5.32 Å². The van der Waals surface area contributed by atoms with E-state index in [1.165, 1.54) is 29.2 Å². The van der Waals surface area contributed by atoms with Gasteiger partial charge in [-0.1, -0.05) is 0 Å². The van der Waals surface area contributed by atoms with Gasteiger partial charge in [-0.15, -0.1) is 0 Å². The maximum Gasteiger partial charge on any atom is 0.321 e. The number of halogens is 1. The highest BCUT2D eigenvalue weighted by Gasteiger charge is 2.12. The highest BCUT2D eigenvalue weighted by molar-refractivity contribution is 5.89. The average Bonchev–Trinajstić information content (AvgIpc) is 2.40. The van der Waals surface area contributed by atoms with Crippen molar-refractivity contribution in [2.75, 3.05) is 31.6 Å². The Morgan fingerprint density at radius 1 is 1.11 bits per heavy atom. The fourth-order valence-electron chi connectivity index (χ4n) is 1.59. The van der Waals surface area contributed by atoms with Gasteiger partial charge in [0.1, 0.15) is 5.82 Å². The van der Waals surface area contributed by atoms with E-state index < -0.39 is 0 Å². The number of aliphatic hydroxyl groups is 2. The molecule has 2 amide bonds. The van der Waals surface area contributed by atoms with Crippen molar-refractivity contribution in [2.45, 2.75) is 12.8 Å². The number of nitrogens with zero attached hydrogens (tertiary/aromatic N) is 1. The molecule has 0 atom stereocenters. The lowest BCUT2D eigenvalue weighted by atomic mass is 10.3. The van der Waals surface area contributed by atoms with Crippen molar-refractivity contribution < 1.29 is 19.4 Å². The summed E-state index contributed by atoms with van der Waals surface area (Å²) >= 11 is 0. The number of amides is 2. The van der Waals surface area contributed by atoms with E-state index in [9.17, 15) is 9.18 Å². The first-order chi connectivity index (χ1) is 9.17. The largest absolute Gasteiger partial charge is 0.396 e. The van der Waals surface area contributed by atoms with Crippen LogP contribution in [0.25, 0.3) is 0 Å². The van der Waals surface area contributed by atoms with Gasteiger partial charge in [-0.25, -0.2) is 9.18 Å². The number of nitrogens with one attached hydrogen (secondary N) is 1. The molecule has 0 spiro atoms. The zero-order valence-corrected chi connectivity index (χ0v) is 10.7. The third-order valence-electron chi connectivity index (χ3n) is 2.59. The number of benzene rings is 1. The lowest BCUT2D eigenvalue weighted by Crippen LogP contribution is -2.37. The summed E-state index contributed by atoms with van der Waals surface area (Å²) in [4.78, 5) is 13.4. The smallest absolute Gasteiger partial charge is 0.321 e. The van der Waals surface area contributed by atoms with E-state index in [4.69, 9.17) is 10.2 Å². The molecule has 0 aliphatic heterocycles. The summed E-state index contributed by atoms with van der Waals surface area (Å²) in [5.74, 6) is -0.367. The zero-order valence-electron chi connectivity index (χ0n) is 10.7. The highest BCUT2D eigenvalue weighted by atomic mass is 19.1. The topological polar surface area (TPSA) is 72.8 Å². The van der Waals surface area contributed by atoms with Gasteiger partial charge in [0.15, 0.2) is 0 Å². The van der Waals surface area contributed by atoms with E-state index in [0.29, 0.717) is 25.1 Å². The van der Waals surface area contributed by atoms with Gasteiger partial charge in [0.05, 0.1) is 6.61 Å². The summed E-state index contributed by atoms with van der Waals surface area (Å²) in [6.07, 6.45) is 1.26. The average molecular weight is 270 g/mol. The molecule has 6 heteroatoms. The van der Waals surface area contributed by atoms with Crippen LogP contribution in [0.3, 0.4) is 0 Å². The van der Waals surface area contributed by atoms with Crippen molar-refractivity contribution in [1.29, 1.82) is 0 Å². The Labute approximate surface area is 111 Å². The molecule has 0 aromatic heterocycles. The SMILES string of the molecule is O=C(Nc1ccc(F)cc1)N(CCO)CCCCO. The van der Waals surface area contributed by atoms with Gasteiger partial charge in [-0.2, -0.15) is 0 Å². The predicted molar refractivity (Wildman–Crippen MR) is 70.4 cm³/mol. The van der Waals surface area contributed by atoms with E-state index >= 15 is 0 Å². The molecule has 0 radical (unpaired) electrons. The van der Waals surface area contributed by atoms with Crippen LogP contribution in [0.5, 0.6) is 0 Å². The highest BCUT2D eigenvalue weighted by Crippen LogP contribution is 2.09. The number of carbonyl (C=O) groups is 1. The van der Waals surface area contributed by atoms with E-state index in [2.05, 4.69) is 5.32 Å². The maximum absolute atomic E-state index is 12.7. The van der Waals surface area contributed by atoms with E-state index in [1.807, 2.05) is 0 Å². The minimum absolute atomic E-state index is 0.0759. The fourth-order valence-corrected chi connectivity index (χ4v) is 1.59. The summed E-state index contributed by atoms with van der Waals surface area (Å²) in [6.45, 7) is 0.620.